The molecule has 1 heterocycles. The lowest BCUT2D eigenvalue weighted by molar-refractivity contribution is -0.123. The zero-order valence-electron chi connectivity index (χ0n) is 17.5. The topological polar surface area (TPSA) is 106 Å². The summed E-state index contributed by atoms with van der Waals surface area (Å²) in [7, 11) is -3.77. The highest BCUT2D eigenvalue weighted by Gasteiger charge is 2.26. The summed E-state index contributed by atoms with van der Waals surface area (Å²) < 4.78 is 32.2. The van der Waals surface area contributed by atoms with Crippen molar-refractivity contribution in [1.82, 2.24) is 9.29 Å². The maximum absolute atomic E-state index is 12.9. The van der Waals surface area contributed by atoms with Crippen LogP contribution in [0, 0.1) is 6.92 Å². The number of carbonyl (C=O) groups excluding carboxylic acids is 2. The first-order chi connectivity index (χ1) is 14.5. The first kappa shape index (κ1) is 25.1. The zero-order chi connectivity index (χ0) is 23.3. The van der Waals surface area contributed by atoms with Crippen LogP contribution >= 0.6 is 23.2 Å². The molecule has 0 fully saturated rings. The number of nitrogens with zero attached hydrogens (tertiary/aromatic N) is 2. The second kappa shape index (κ2) is 10.4. The van der Waals surface area contributed by atoms with Crippen molar-refractivity contribution in [3.63, 3.8) is 0 Å². The Bertz CT molecular complexity index is 1090. The Labute approximate surface area is 191 Å². The minimum atomic E-state index is -3.77. The van der Waals surface area contributed by atoms with E-state index in [2.05, 4.69) is 10.3 Å². The number of anilines is 1. The first-order valence-electron chi connectivity index (χ1n) is 9.44. The Morgan fingerprint density at radius 3 is 2.42 bits per heavy atom. The lowest BCUT2D eigenvalue weighted by atomic mass is 10.1. The number of esters is 1. The van der Waals surface area contributed by atoms with Gasteiger partial charge < -0.3 is 10.1 Å². The summed E-state index contributed by atoms with van der Waals surface area (Å²) in [5.41, 5.74) is 0.510. The van der Waals surface area contributed by atoms with Crippen LogP contribution in [0.5, 0.6) is 0 Å². The molecular weight excluding hydrogens is 465 g/mol. The predicted octanol–water partition coefficient (Wildman–Crippen LogP) is 3.91. The molecule has 1 aromatic carbocycles. The molecule has 1 aromatic heterocycles. The molecule has 2 rings (SSSR count). The molecule has 0 saturated heterocycles. The van der Waals surface area contributed by atoms with Crippen LogP contribution in [0.4, 0.5) is 5.82 Å². The van der Waals surface area contributed by atoms with E-state index in [9.17, 15) is 18.0 Å². The monoisotopic (exact) mass is 487 g/mol. The highest BCUT2D eigenvalue weighted by molar-refractivity contribution is 7.89. The third-order valence-corrected chi connectivity index (χ3v) is 7.14. The van der Waals surface area contributed by atoms with E-state index < -0.39 is 28.0 Å². The molecule has 0 bridgehead atoms. The number of aryl methyl sites for hydroxylation is 1. The molecule has 8 nitrogen and oxygen atoms in total. The number of rotatable bonds is 8. The third-order valence-electron chi connectivity index (χ3n) is 4.45. The van der Waals surface area contributed by atoms with Gasteiger partial charge in [-0.05, 0) is 37.6 Å². The molecule has 2 aromatic rings. The van der Waals surface area contributed by atoms with Gasteiger partial charge in [-0.2, -0.15) is 4.31 Å². The van der Waals surface area contributed by atoms with Gasteiger partial charge in [0.2, 0.25) is 10.0 Å². The number of hydrogen-bond donors (Lipinski definition) is 1. The zero-order valence-corrected chi connectivity index (χ0v) is 19.8. The molecule has 0 spiro atoms. The van der Waals surface area contributed by atoms with E-state index in [0.717, 1.165) is 0 Å². The van der Waals surface area contributed by atoms with Gasteiger partial charge in [0.05, 0.1) is 20.5 Å². The highest BCUT2D eigenvalue weighted by Crippen LogP contribution is 2.24. The van der Waals surface area contributed by atoms with Crippen molar-refractivity contribution in [2.24, 2.45) is 0 Å². The minimum Gasteiger partial charge on any atom is -0.449 e. The lowest BCUT2D eigenvalue weighted by Gasteiger charge is -2.20. The van der Waals surface area contributed by atoms with Gasteiger partial charge in [-0.3, -0.25) is 4.79 Å². The van der Waals surface area contributed by atoms with Crippen molar-refractivity contribution < 1.29 is 22.7 Å². The molecule has 168 valence electrons. The quantitative estimate of drug-likeness (QED) is 0.565. The third kappa shape index (κ3) is 5.94. The number of sulfonamides is 1. The van der Waals surface area contributed by atoms with Gasteiger partial charge in [0.1, 0.15) is 0 Å². The Balaban J connectivity index is 2.19. The Hall–Kier alpha value is -2.20. The van der Waals surface area contributed by atoms with Crippen molar-refractivity contribution in [2.45, 2.75) is 38.7 Å². The number of hydrogen-bond acceptors (Lipinski definition) is 6. The van der Waals surface area contributed by atoms with Crippen LogP contribution in [-0.2, 0) is 19.6 Å². The van der Waals surface area contributed by atoms with Crippen LogP contribution in [0.15, 0.2) is 35.4 Å². The Kier molecular flexibility index (Phi) is 8.41. The van der Waals surface area contributed by atoms with Gasteiger partial charge in [-0.15, -0.1) is 0 Å². The van der Waals surface area contributed by atoms with Crippen LogP contribution in [0.3, 0.4) is 0 Å². The fourth-order valence-electron chi connectivity index (χ4n) is 2.71. The smallest absolute Gasteiger partial charge is 0.338 e. The number of carbonyl (C=O) groups is 2. The van der Waals surface area contributed by atoms with Crippen molar-refractivity contribution in [3.05, 3.63) is 51.6 Å². The second-order valence-corrected chi connectivity index (χ2v) is 9.34. The summed E-state index contributed by atoms with van der Waals surface area (Å²) in [5.74, 6) is -1.43. The summed E-state index contributed by atoms with van der Waals surface area (Å²) in [6.45, 7) is 7.08. The fraction of sp³-hybridized carbons (Fsp3) is 0.350. The Morgan fingerprint density at radius 2 is 1.84 bits per heavy atom. The van der Waals surface area contributed by atoms with Gasteiger partial charge in [0.25, 0.3) is 5.91 Å². The molecule has 0 aliphatic carbocycles. The molecule has 0 aliphatic rings. The number of amides is 1. The van der Waals surface area contributed by atoms with E-state index in [4.69, 9.17) is 27.9 Å². The average molecular weight is 488 g/mol. The maximum atomic E-state index is 12.9. The SMILES string of the molecule is CCN(CC)S(=O)(=O)c1cc(C(=O)O[C@H](C)C(=O)Nc2ncc(Cl)cc2Cl)ccc1C. The largest absolute Gasteiger partial charge is 0.449 e. The van der Waals surface area contributed by atoms with Gasteiger partial charge in [0.15, 0.2) is 11.9 Å². The molecule has 11 heteroatoms. The van der Waals surface area contributed by atoms with Crippen molar-refractivity contribution in [3.8, 4) is 0 Å². The minimum absolute atomic E-state index is 0.0126. The number of ether oxygens (including phenoxy) is 1. The molecule has 1 N–H and O–H groups in total. The number of nitrogens with one attached hydrogen (secondary N) is 1. The molecule has 1 atom stereocenters. The van der Waals surface area contributed by atoms with E-state index in [1.165, 1.54) is 41.7 Å². The van der Waals surface area contributed by atoms with E-state index in [1.54, 1.807) is 20.8 Å². The Morgan fingerprint density at radius 1 is 1.19 bits per heavy atom. The van der Waals surface area contributed by atoms with E-state index in [0.29, 0.717) is 23.7 Å². The summed E-state index contributed by atoms with van der Waals surface area (Å²) >= 11 is 11.7. The lowest BCUT2D eigenvalue weighted by Crippen LogP contribution is -2.32. The number of pyridine rings is 1. The normalized spacial score (nSPS) is 12.5. The summed E-state index contributed by atoms with van der Waals surface area (Å²) in [6.07, 6.45) is 0.120. The van der Waals surface area contributed by atoms with E-state index in [1.807, 2.05) is 0 Å². The first-order valence-corrected chi connectivity index (χ1v) is 11.6. The number of aromatic nitrogens is 1. The van der Waals surface area contributed by atoms with Crippen LogP contribution < -0.4 is 5.32 Å². The van der Waals surface area contributed by atoms with Crippen molar-refractivity contribution >= 4 is 50.9 Å². The van der Waals surface area contributed by atoms with E-state index in [-0.39, 0.29) is 21.3 Å². The molecule has 0 aliphatic heterocycles. The van der Waals surface area contributed by atoms with Crippen LogP contribution in [0.1, 0.15) is 36.7 Å². The fourth-order valence-corrected chi connectivity index (χ4v) is 4.85. The van der Waals surface area contributed by atoms with Crippen molar-refractivity contribution in [1.29, 1.82) is 0 Å². The van der Waals surface area contributed by atoms with Gasteiger partial charge >= 0.3 is 5.97 Å². The predicted molar refractivity (Wildman–Crippen MR) is 119 cm³/mol. The van der Waals surface area contributed by atoms with Crippen LogP contribution in [0.25, 0.3) is 0 Å². The maximum Gasteiger partial charge on any atom is 0.338 e. The van der Waals surface area contributed by atoms with Gasteiger partial charge in [-0.25, -0.2) is 18.2 Å². The van der Waals surface area contributed by atoms with E-state index >= 15 is 0 Å². The summed E-state index contributed by atoms with van der Waals surface area (Å²) in [5, 5.41) is 2.88. The van der Waals surface area contributed by atoms with Gasteiger partial charge in [0, 0.05) is 19.3 Å². The standard InChI is InChI=1S/C20H23Cl2N3O5S/c1-5-25(6-2)31(28,29)17-9-14(8-7-12(17)3)20(27)30-13(4)19(26)24-18-16(22)10-15(21)11-23-18/h7-11,13H,5-6H2,1-4H3,(H,23,24,26)/t13-/m1/s1. The molecule has 0 saturated carbocycles. The molecule has 0 unspecified atom stereocenters. The van der Waals surface area contributed by atoms with Crippen LogP contribution in [0.2, 0.25) is 10.0 Å². The van der Waals surface area contributed by atoms with Crippen molar-refractivity contribution in [2.75, 3.05) is 18.4 Å². The summed E-state index contributed by atoms with van der Waals surface area (Å²) in [6, 6.07) is 5.64. The number of benzene rings is 1. The van der Waals surface area contributed by atoms with Crippen LogP contribution in [-0.4, -0.2) is 48.8 Å². The molecular formula is C20H23Cl2N3O5S. The number of halogens is 2. The molecule has 1 amide bonds. The summed E-state index contributed by atoms with van der Waals surface area (Å²) in [4.78, 5) is 28.8. The second-order valence-electron chi connectivity index (χ2n) is 6.59. The molecule has 31 heavy (non-hydrogen) atoms. The average Bonchev–Trinajstić information content (AvgIpc) is 2.70. The van der Waals surface area contributed by atoms with Gasteiger partial charge in [-0.1, -0.05) is 43.1 Å². The molecule has 0 radical (unpaired) electrons. The highest BCUT2D eigenvalue weighted by atomic mass is 35.5.